The van der Waals surface area contributed by atoms with Crippen LogP contribution in [0.5, 0.6) is 11.5 Å². The minimum atomic E-state index is -0.811. The van der Waals surface area contributed by atoms with Crippen molar-refractivity contribution in [1.82, 2.24) is 5.32 Å². The molecule has 5 aliphatic rings. The Hall–Kier alpha value is -3.13. The zero-order valence-corrected chi connectivity index (χ0v) is 22.2. The number of nitrogens with one attached hydrogen (secondary N) is 1. The molecule has 2 aromatic rings. The number of barbiturate groups is 1. The number of hydrogen-bond donors (Lipinski definition) is 2. The normalized spacial score (nSPS) is 29.7. The van der Waals surface area contributed by atoms with Gasteiger partial charge in [0.1, 0.15) is 5.57 Å². The van der Waals surface area contributed by atoms with E-state index in [2.05, 4.69) is 33.4 Å². The Labute approximate surface area is 224 Å². The first-order valence-electron chi connectivity index (χ1n) is 12.9. The molecule has 37 heavy (non-hydrogen) atoms. The number of carbonyl (C=O) groups is 3. The quantitative estimate of drug-likeness (QED) is 0.359. The highest BCUT2D eigenvalue weighted by molar-refractivity contribution is 9.10. The van der Waals surface area contributed by atoms with Crippen LogP contribution in [0.2, 0.25) is 0 Å². The summed E-state index contributed by atoms with van der Waals surface area (Å²) in [6.07, 6.45) is 9.05. The molecule has 0 aromatic heterocycles. The topological polar surface area (TPSA) is 95.9 Å². The highest BCUT2D eigenvalue weighted by Gasteiger charge is 2.51. The smallest absolute Gasteiger partial charge is 0.335 e. The van der Waals surface area contributed by atoms with Crippen molar-refractivity contribution in [2.24, 2.45) is 17.8 Å². The van der Waals surface area contributed by atoms with Crippen molar-refractivity contribution in [1.29, 1.82) is 0 Å². The van der Waals surface area contributed by atoms with Gasteiger partial charge in [-0.3, -0.25) is 14.9 Å². The lowest BCUT2D eigenvalue weighted by Gasteiger charge is -2.57. The first kappa shape index (κ1) is 24.2. The molecule has 0 radical (unpaired) electrons. The summed E-state index contributed by atoms with van der Waals surface area (Å²) < 4.78 is 6.06. The largest absolute Gasteiger partial charge is 0.504 e. The van der Waals surface area contributed by atoms with Gasteiger partial charge in [-0.15, -0.1) is 0 Å². The predicted molar refractivity (Wildman–Crippen MR) is 142 cm³/mol. The van der Waals surface area contributed by atoms with E-state index >= 15 is 0 Å². The van der Waals surface area contributed by atoms with Crippen molar-refractivity contribution >= 4 is 45.5 Å². The molecular weight excluding hydrogens is 536 g/mol. The number of phenols is 1. The molecular formula is C29H29BrN2O5. The minimum absolute atomic E-state index is 0.193. The van der Waals surface area contributed by atoms with Crippen LogP contribution in [0.3, 0.4) is 0 Å². The Morgan fingerprint density at radius 1 is 1.05 bits per heavy atom. The van der Waals surface area contributed by atoms with Gasteiger partial charge in [-0.2, -0.15) is 0 Å². The van der Waals surface area contributed by atoms with Crippen LogP contribution in [0, 0.1) is 17.8 Å². The van der Waals surface area contributed by atoms with E-state index in [0.29, 0.717) is 16.8 Å². The lowest BCUT2D eigenvalue weighted by molar-refractivity contribution is -0.122. The molecule has 192 valence electrons. The first-order chi connectivity index (χ1) is 17.8. The van der Waals surface area contributed by atoms with Crippen LogP contribution in [0.4, 0.5) is 10.5 Å². The maximum atomic E-state index is 13.4. The number of rotatable bonds is 5. The maximum Gasteiger partial charge on any atom is 0.335 e. The van der Waals surface area contributed by atoms with E-state index in [1.807, 2.05) is 12.1 Å². The zero-order chi connectivity index (χ0) is 25.9. The number of nitrogens with zero attached hydrogens (tertiary/aromatic N) is 1. The molecule has 4 saturated carbocycles. The van der Waals surface area contributed by atoms with Crippen molar-refractivity contribution in [3.05, 3.63) is 57.6 Å². The number of phenolic OH excluding ortho intramolecular Hbond substituents is 1. The summed E-state index contributed by atoms with van der Waals surface area (Å²) in [7, 11) is 0. The van der Waals surface area contributed by atoms with Gasteiger partial charge in [0.05, 0.1) is 12.3 Å². The monoisotopic (exact) mass is 564 g/mol. The fourth-order valence-corrected chi connectivity index (χ4v) is 7.90. The summed E-state index contributed by atoms with van der Waals surface area (Å²) in [5, 5.41) is 12.9. The molecule has 8 heteroatoms. The van der Waals surface area contributed by atoms with E-state index in [9.17, 15) is 19.5 Å². The van der Waals surface area contributed by atoms with Crippen molar-refractivity contribution < 1.29 is 24.2 Å². The van der Waals surface area contributed by atoms with Gasteiger partial charge < -0.3 is 9.84 Å². The number of aromatic hydroxyl groups is 1. The van der Waals surface area contributed by atoms with E-state index in [1.165, 1.54) is 50.2 Å². The molecule has 2 aromatic carbocycles. The van der Waals surface area contributed by atoms with E-state index in [0.717, 1.165) is 22.7 Å². The summed E-state index contributed by atoms with van der Waals surface area (Å²) >= 11 is 3.36. The Kier molecular flexibility index (Phi) is 5.90. The lowest BCUT2D eigenvalue weighted by Crippen LogP contribution is -2.54. The second kappa shape index (κ2) is 9.01. The molecule has 5 fully saturated rings. The third-order valence-corrected chi connectivity index (χ3v) is 9.00. The fourth-order valence-electron chi connectivity index (χ4n) is 7.45. The second-order valence-corrected chi connectivity index (χ2v) is 11.9. The molecule has 7 rings (SSSR count). The number of benzene rings is 2. The number of ether oxygens (including phenoxy) is 1. The zero-order valence-electron chi connectivity index (χ0n) is 20.6. The minimum Gasteiger partial charge on any atom is -0.504 e. The van der Waals surface area contributed by atoms with Gasteiger partial charge in [-0.05, 0) is 105 Å². The molecule has 2 N–H and O–H groups in total. The highest BCUT2D eigenvalue weighted by atomic mass is 79.9. The molecule has 4 bridgehead atoms. The van der Waals surface area contributed by atoms with E-state index in [4.69, 9.17) is 4.74 Å². The molecule has 0 spiro atoms. The maximum absolute atomic E-state index is 13.4. The fraction of sp³-hybridized carbons (Fsp3) is 0.414. The molecule has 1 saturated heterocycles. The molecule has 0 atom stereocenters. The van der Waals surface area contributed by atoms with E-state index in [-0.39, 0.29) is 28.1 Å². The number of carbonyl (C=O) groups excluding carboxylic acids is 3. The average Bonchev–Trinajstić information content (AvgIpc) is 2.84. The van der Waals surface area contributed by atoms with Gasteiger partial charge in [0, 0.05) is 10.0 Å². The number of urea groups is 1. The third kappa shape index (κ3) is 4.15. The van der Waals surface area contributed by atoms with E-state index < -0.39 is 17.8 Å². The van der Waals surface area contributed by atoms with Crippen LogP contribution in [0.15, 0.2) is 46.4 Å². The second-order valence-electron chi connectivity index (χ2n) is 11.0. The summed E-state index contributed by atoms with van der Waals surface area (Å²) in [6, 6.07) is 10.1. The van der Waals surface area contributed by atoms with Gasteiger partial charge in [0.2, 0.25) is 0 Å². The van der Waals surface area contributed by atoms with Crippen LogP contribution in [0.1, 0.15) is 56.6 Å². The Morgan fingerprint density at radius 2 is 1.68 bits per heavy atom. The van der Waals surface area contributed by atoms with Crippen molar-refractivity contribution in [2.45, 2.75) is 50.9 Å². The van der Waals surface area contributed by atoms with Gasteiger partial charge in [-0.25, -0.2) is 9.69 Å². The third-order valence-electron chi connectivity index (χ3n) is 8.55. The first-order valence-corrected chi connectivity index (χ1v) is 13.7. The molecule has 4 aliphatic carbocycles. The Bertz CT molecular complexity index is 1300. The molecule has 1 heterocycles. The number of halogens is 1. The van der Waals surface area contributed by atoms with Crippen molar-refractivity contribution in [3.63, 3.8) is 0 Å². The SMILES string of the molecule is CCOc1cc(Br)cc(/C=C2\C(=O)NC(=O)N(c3ccc(C45CC6CC(CC(C6)C4)C5)cc3)C2=O)c1O. The number of imide groups is 2. The van der Waals surface area contributed by atoms with Crippen LogP contribution in [0.25, 0.3) is 6.08 Å². The van der Waals surface area contributed by atoms with Crippen molar-refractivity contribution in [3.8, 4) is 11.5 Å². The van der Waals surface area contributed by atoms with Crippen LogP contribution in [-0.4, -0.2) is 29.6 Å². The van der Waals surface area contributed by atoms with Gasteiger partial charge in [0.25, 0.3) is 11.8 Å². The molecule has 7 nitrogen and oxygen atoms in total. The Balaban J connectivity index is 1.30. The van der Waals surface area contributed by atoms with E-state index in [1.54, 1.807) is 19.1 Å². The Morgan fingerprint density at radius 3 is 2.27 bits per heavy atom. The van der Waals surface area contributed by atoms with Crippen molar-refractivity contribution in [2.75, 3.05) is 11.5 Å². The summed E-state index contributed by atoms with van der Waals surface area (Å²) in [5.41, 5.74) is 1.87. The van der Waals surface area contributed by atoms with Gasteiger partial charge in [0.15, 0.2) is 11.5 Å². The standard InChI is InChI=1S/C29H29BrN2O5/c1-2-37-24-12-21(30)10-19(25(24)33)11-23-26(34)31-28(36)32(27(23)35)22-5-3-20(4-6-22)29-13-16-7-17(14-29)9-18(8-16)15-29/h3-6,10-12,16-18,33H,2,7-9,13-15H2,1H3,(H,31,34,36)/b23-11+. The summed E-state index contributed by atoms with van der Waals surface area (Å²) in [6.45, 7) is 2.12. The van der Waals surface area contributed by atoms with Gasteiger partial charge in [-0.1, -0.05) is 28.1 Å². The summed E-state index contributed by atoms with van der Waals surface area (Å²) in [4.78, 5) is 39.8. The van der Waals surface area contributed by atoms with Crippen LogP contribution < -0.4 is 15.0 Å². The average molecular weight is 565 g/mol. The highest BCUT2D eigenvalue weighted by Crippen LogP contribution is 2.60. The predicted octanol–water partition coefficient (Wildman–Crippen LogP) is 5.69. The number of anilines is 1. The molecule has 0 unspecified atom stereocenters. The summed E-state index contributed by atoms with van der Waals surface area (Å²) in [5.74, 6) is 0.926. The van der Waals surface area contributed by atoms with Gasteiger partial charge >= 0.3 is 6.03 Å². The molecule has 1 aliphatic heterocycles. The lowest BCUT2D eigenvalue weighted by atomic mass is 9.48. The van der Waals surface area contributed by atoms with Crippen LogP contribution >= 0.6 is 15.9 Å². The van der Waals surface area contributed by atoms with Crippen LogP contribution in [-0.2, 0) is 15.0 Å². The number of amides is 4. The number of hydrogen-bond acceptors (Lipinski definition) is 5. The molecule has 4 amide bonds.